The van der Waals surface area contributed by atoms with Crippen molar-refractivity contribution >= 4 is 27.7 Å². The minimum atomic E-state index is -0.610. The maximum absolute atomic E-state index is 13.9. The lowest BCUT2D eigenvalue weighted by atomic mass is 9.86. The van der Waals surface area contributed by atoms with Gasteiger partial charge in [0.2, 0.25) is 11.8 Å². The van der Waals surface area contributed by atoms with E-state index in [-0.39, 0.29) is 23.3 Å². The van der Waals surface area contributed by atoms with Gasteiger partial charge >= 0.3 is 0 Å². The molecule has 0 bridgehead atoms. The topological polar surface area (TPSA) is 49.4 Å². The molecule has 0 saturated heterocycles. The first-order valence-electron chi connectivity index (χ1n) is 13.5. The number of nitrogens with one attached hydrogen (secondary N) is 1. The van der Waals surface area contributed by atoms with E-state index in [9.17, 15) is 9.59 Å². The Balaban J connectivity index is 1.89. The zero-order chi connectivity index (χ0) is 27.7. The number of nitrogens with zero attached hydrogens (tertiary/aromatic N) is 1. The van der Waals surface area contributed by atoms with E-state index < -0.39 is 6.04 Å². The molecule has 0 aromatic heterocycles. The van der Waals surface area contributed by atoms with Crippen LogP contribution in [-0.4, -0.2) is 28.8 Å². The van der Waals surface area contributed by atoms with Gasteiger partial charge in [-0.05, 0) is 59.6 Å². The number of carbonyl (C=O) groups excluding carboxylic acids is 2. The van der Waals surface area contributed by atoms with E-state index in [1.165, 1.54) is 5.56 Å². The third kappa shape index (κ3) is 8.83. The Morgan fingerprint density at radius 1 is 0.895 bits per heavy atom. The number of amides is 2. The monoisotopic (exact) mass is 576 g/mol. The molecule has 0 aliphatic rings. The average molecular weight is 578 g/mol. The summed E-state index contributed by atoms with van der Waals surface area (Å²) in [6.45, 7) is 11.0. The predicted molar refractivity (Wildman–Crippen MR) is 160 cm³/mol. The van der Waals surface area contributed by atoms with Gasteiger partial charge in [0, 0.05) is 29.9 Å². The Labute approximate surface area is 237 Å². The van der Waals surface area contributed by atoms with Crippen LogP contribution in [0.2, 0.25) is 0 Å². The van der Waals surface area contributed by atoms with Gasteiger partial charge in [0.15, 0.2) is 0 Å². The number of rotatable bonds is 11. The van der Waals surface area contributed by atoms with E-state index in [2.05, 4.69) is 66.3 Å². The van der Waals surface area contributed by atoms with Crippen molar-refractivity contribution in [1.29, 1.82) is 0 Å². The third-order valence-electron chi connectivity index (χ3n) is 6.96. The second-order valence-electron chi connectivity index (χ2n) is 11.1. The van der Waals surface area contributed by atoms with Crippen molar-refractivity contribution in [3.63, 3.8) is 0 Å². The van der Waals surface area contributed by atoms with E-state index >= 15 is 0 Å². The van der Waals surface area contributed by atoms with Crippen molar-refractivity contribution in [2.24, 2.45) is 0 Å². The van der Waals surface area contributed by atoms with Crippen molar-refractivity contribution in [2.75, 3.05) is 0 Å². The van der Waals surface area contributed by atoms with E-state index in [1.54, 1.807) is 4.90 Å². The normalized spacial score (nSPS) is 13.0. The molecule has 202 valence electrons. The molecule has 3 aromatic rings. The number of aryl methyl sites for hydroxylation is 1. The lowest BCUT2D eigenvalue weighted by Crippen LogP contribution is -2.52. The van der Waals surface area contributed by atoms with Crippen LogP contribution in [0.1, 0.15) is 69.7 Å². The first kappa shape index (κ1) is 29.6. The van der Waals surface area contributed by atoms with Gasteiger partial charge in [0.1, 0.15) is 6.04 Å². The maximum atomic E-state index is 13.9. The van der Waals surface area contributed by atoms with E-state index in [4.69, 9.17) is 0 Å². The Hall–Kier alpha value is -2.92. The van der Waals surface area contributed by atoms with Crippen LogP contribution in [0.25, 0.3) is 0 Å². The molecule has 0 saturated carbocycles. The molecule has 1 N–H and O–H groups in total. The largest absolute Gasteiger partial charge is 0.352 e. The van der Waals surface area contributed by atoms with Crippen LogP contribution in [0, 0.1) is 0 Å². The second kappa shape index (κ2) is 13.7. The fraction of sp³-hybridized carbons (Fsp3) is 0.394. The summed E-state index contributed by atoms with van der Waals surface area (Å²) >= 11 is 3.55. The van der Waals surface area contributed by atoms with E-state index in [0.29, 0.717) is 25.8 Å². The summed E-state index contributed by atoms with van der Waals surface area (Å²) in [5.74, 6) is -0.133. The van der Waals surface area contributed by atoms with Crippen molar-refractivity contribution in [2.45, 2.75) is 84.3 Å². The molecule has 0 radical (unpaired) electrons. The molecular weight excluding hydrogens is 536 g/mol. The van der Waals surface area contributed by atoms with Gasteiger partial charge in [0.05, 0.1) is 0 Å². The van der Waals surface area contributed by atoms with E-state index in [1.807, 2.05) is 68.4 Å². The van der Waals surface area contributed by atoms with Gasteiger partial charge < -0.3 is 10.2 Å². The predicted octanol–water partition coefficient (Wildman–Crippen LogP) is 7.23. The number of hydrogen-bond acceptors (Lipinski definition) is 2. The highest BCUT2D eigenvalue weighted by Gasteiger charge is 2.30. The van der Waals surface area contributed by atoms with Crippen molar-refractivity contribution in [1.82, 2.24) is 10.2 Å². The first-order valence-corrected chi connectivity index (χ1v) is 14.3. The van der Waals surface area contributed by atoms with Gasteiger partial charge in [-0.25, -0.2) is 0 Å². The molecular formula is C33H41BrN2O2. The SMILES string of the molecule is CC[C@@H](C)NC(=O)[C@@H](Cc1ccccc1)N(Cc1cccc(Br)c1)C(=O)CCc1ccc(C(C)(C)C)cc1. The number of carbonyl (C=O) groups is 2. The van der Waals surface area contributed by atoms with E-state index in [0.717, 1.165) is 27.6 Å². The smallest absolute Gasteiger partial charge is 0.243 e. The first-order chi connectivity index (χ1) is 18.1. The molecule has 2 atom stereocenters. The summed E-state index contributed by atoms with van der Waals surface area (Å²) in [4.78, 5) is 29.2. The summed E-state index contributed by atoms with van der Waals surface area (Å²) < 4.78 is 0.949. The molecule has 0 aliphatic heterocycles. The third-order valence-corrected chi connectivity index (χ3v) is 7.45. The highest BCUT2D eigenvalue weighted by Crippen LogP contribution is 2.23. The molecule has 38 heavy (non-hydrogen) atoms. The van der Waals surface area contributed by atoms with Gasteiger partial charge in [-0.2, -0.15) is 0 Å². The Morgan fingerprint density at radius 3 is 2.16 bits per heavy atom. The van der Waals surface area contributed by atoms with Gasteiger partial charge in [-0.1, -0.05) is 110 Å². The zero-order valence-electron chi connectivity index (χ0n) is 23.3. The zero-order valence-corrected chi connectivity index (χ0v) is 24.9. The van der Waals surface area contributed by atoms with Crippen LogP contribution in [0.15, 0.2) is 83.3 Å². The van der Waals surface area contributed by atoms with Crippen molar-refractivity contribution in [3.8, 4) is 0 Å². The lowest BCUT2D eigenvalue weighted by molar-refractivity contribution is -0.141. The highest BCUT2D eigenvalue weighted by atomic mass is 79.9. The van der Waals surface area contributed by atoms with Gasteiger partial charge in [-0.15, -0.1) is 0 Å². The Bertz CT molecular complexity index is 1190. The van der Waals surface area contributed by atoms with Crippen LogP contribution < -0.4 is 5.32 Å². The van der Waals surface area contributed by atoms with Gasteiger partial charge in [0.25, 0.3) is 0 Å². The molecule has 2 amide bonds. The quantitative estimate of drug-likeness (QED) is 0.261. The molecule has 4 nitrogen and oxygen atoms in total. The fourth-order valence-corrected chi connectivity index (χ4v) is 4.84. The van der Waals surface area contributed by atoms with Gasteiger partial charge in [-0.3, -0.25) is 9.59 Å². The van der Waals surface area contributed by atoms with Crippen molar-refractivity contribution < 1.29 is 9.59 Å². The van der Waals surface area contributed by atoms with Crippen LogP contribution in [0.4, 0.5) is 0 Å². The van der Waals surface area contributed by atoms with Crippen LogP contribution in [0.5, 0.6) is 0 Å². The average Bonchev–Trinajstić information content (AvgIpc) is 2.89. The molecule has 0 aliphatic carbocycles. The summed E-state index contributed by atoms with van der Waals surface area (Å²) in [5.41, 5.74) is 4.49. The highest BCUT2D eigenvalue weighted by molar-refractivity contribution is 9.10. The molecule has 5 heteroatoms. The minimum absolute atomic E-state index is 0.0230. The summed E-state index contributed by atoms with van der Waals surface area (Å²) in [5, 5.41) is 3.13. The molecule has 3 rings (SSSR count). The number of halogens is 1. The Morgan fingerprint density at radius 2 is 1.55 bits per heavy atom. The molecule has 3 aromatic carbocycles. The summed E-state index contributed by atoms with van der Waals surface area (Å²) in [6.07, 6.45) is 2.26. The second-order valence-corrected chi connectivity index (χ2v) is 12.0. The van der Waals surface area contributed by atoms with Crippen molar-refractivity contribution in [3.05, 3.63) is 106 Å². The lowest BCUT2D eigenvalue weighted by Gasteiger charge is -2.32. The molecule has 0 heterocycles. The Kier molecular flexibility index (Phi) is 10.7. The molecule has 0 fully saturated rings. The fourth-order valence-electron chi connectivity index (χ4n) is 4.39. The summed E-state index contributed by atoms with van der Waals surface area (Å²) in [7, 11) is 0. The minimum Gasteiger partial charge on any atom is -0.352 e. The number of benzene rings is 3. The van der Waals surface area contributed by atoms with Crippen LogP contribution in [-0.2, 0) is 34.4 Å². The van der Waals surface area contributed by atoms with Crippen LogP contribution >= 0.6 is 15.9 Å². The van der Waals surface area contributed by atoms with Crippen LogP contribution in [0.3, 0.4) is 0 Å². The number of hydrogen-bond donors (Lipinski definition) is 1. The maximum Gasteiger partial charge on any atom is 0.243 e. The molecule has 0 unspecified atom stereocenters. The molecule has 0 spiro atoms. The standard InChI is InChI=1S/C33H41BrN2O2/c1-6-24(2)35-32(38)30(22-26-11-8-7-9-12-26)36(23-27-13-10-14-29(34)21-27)31(37)20-17-25-15-18-28(19-16-25)33(3,4)5/h7-16,18-19,21,24,30H,6,17,20,22-23H2,1-5H3,(H,35,38)/t24-,30-/m1/s1. The summed E-state index contributed by atoms with van der Waals surface area (Å²) in [6, 6.07) is 25.8.